The van der Waals surface area contributed by atoms with Gasteiger partial charge in [0.05, 0.1) is 18.0 Å². The summed E-state index contributed by atoms with van der Waals surface area (Å²) in [5.41, 5.74) is 1.50. The first-order valence-electron chi connectivity index (χ1n) is 14.2. The first kappa shape index (κ1) is 36.1. The second-order valence-electron chi connectivity index (χ2n) is 11.5. The topological polar surface area (TPSA) is 184 Å². The van der Waals surface area contributed by atoms with E-state index in [1.807, 2.05) is 6.92 Å². The molecule has 2 amide bonds. The van der Waals surface area contributed by atoms with Gasteiger partial charge in [0.2, 0.25) is 11.8 Å². The van der Waals surface area contributed by atoms with Crippen molar-refractivity contribution in [3.8, 4) is 0 Å². The average Bonchev–Trinajstić information content (AvgIpc) is 2.90. The van der Waals surface area contributed by atoms with Gasteiger partial charge < -0.3 is 20.8 Å². The molecule has 1 aromatic carbocycles. The van der Waals surface area contributed by atoms with Crippen LogP contribution in [0.3, 0.4) is 0 Å². The predicted octanol–water partition coefficient (Wildman–Crippen LogP) is 3.36. The molecule has 0 saturated heterocycles. The molecule has 0 aliphatic heterocycles. The molecule has 0 aromatic heterocycles. The van der Waals surface area contributed by atoms with Crippen LogP contribution in [0.5, 0.6) is 0 Å². The summed E-state index contributed by atoms with van der Waals surface area (Å²) in [7, 11) is 0. The Hall–Kier alpha value is -3.89. The zero-order valence-corrected chi connectivity index (χ0v) is 25.3. The van der Waals surface area contributed by atoms with E-state index in [4.69, 9.17) is 5.11 Å². The van der Waals surface area contributed by atoms with Crippen molar-refractivity contribution in [2.45, 2.75) is 92.2 Å². The summed E-state index contributed by atoms with van der Waals surface area (Å²) in [6, 6.07) is 4.82. The maximum absolute atomic E-state index is 13.2. The number of Topliss-reactive ketones (excluding diaryl/α,β-unsaturated/α-hetero) is 3. The van der Waals surface area contributed by atoms with E-state index >= 15 is 0 Å². The number of carbonyl (C=O) groups is 7. The fraction of sp³-hybridized carbons (Fsp3) is 0.581. The van der Waals surface area contributed by atoms with Gasteiger partial charge in [0.15, 0.2) is 17.3 Å². The van der Waals surface area contributed by atoms with Crippen LogP contribution in [0.2, 0.25) is 0 Å². The van der Waals surface area contributed by atoms with Crippen molar-refractivity contribution >= 4 is 41.1 Å². The minimum atomic E-state index is -1.23. The van der Waals surface area contributed by atoms with E-state index in [0.29, 0.717) is 5.56 Å². The molecule has 0 bridgehead atoms. The number of carboxylic acids is 2. The fourth-order valence-electron chi connectivity index (χ4n) is 4.36. The van der Waals surface area contributed by atoms with Gasteiger partial charge in [-0.2, -0.15) is 0 Å². The molecular formula is C31H44N2O9. The van der Waals surface area contributed by atoms with Gasteiger partial charge in [-0.15, -0.1) is 0 Å². The molecule has 0 fully saturated rings. The van der Waals surface area contributed by atoms with E-state index in [-0.39, 0.29) is 49.7 Å². The number of amides is 2. The minimum absolute atomic E-state index is 0.0296. The Morgan fingerprint density at radius 1 is 0.714 bits per heavy atom. The highest BCUT2D eigenvalue weighted by Crippen LogP contribution is 2.21. The Bertz CT molecular complexity index is 1140. The molecule has 0 radical (unpaired) electrons. The Morgan fingerprint density at radius 3 is 1.76 bits per heavy atom. The molecule has 0 spiro atoms. The molecule has 42 heavy (non-hydrogen) atoms. The van der Waals surface area contributed by atoms with Gasteiger partial charge in [-0.3, -0.25) is 33.6 Å². The smallest absolute Gasteiger partial charge is 0.307 e. The number of carbonyl (C=O) groups excluding carboxylic acids is 5. The van der Waals surface area contributed by atoms with Crippen molar-refractivity contribution in [2.75, 3.05) is 0 Å². The first-order valence-corrected chi connectivity index (χ1v) is 14.2. The lowest BCUT2D eigenvalue weighted by atomic mass is 9.86. The van der Waals surface area contributed by atoms with E-state index in [1.165, 1.54) is 6.92 Å². The Kier molecular flexibility index (Phi) is 14.8. The SMILES string of the molecule is Cc1ccc(C(=O)CCC(=O)N[C@@H](C)C(=O)C[C@H](C(=O)N[C@@H](CCC(=O)O)C(=O)C[C@H](C(=O)O)C(C)C)C(C)C)cc1. The zero-order chi connectivity index (χ0) is 32.1. The summed E-state index contributed by atoms with van der Waals surface area (Å²) in [4.78, 5) is 86.6. The van der Waals surface area contributed by atoms with Crippen molar-refractivity contribution in [2.24, 2.45) is 23.7 Å². The van der Waals surface area contributed by atoms with Crippen LogP contribution in [0.4, 0.5) is 0 Å². The van der Waals surface area contributed by atoms with Crippen molar-refractivity contribution in [1.82, 2.24) is 10.6 Å². The number of aliphatic carboxylic acids is 2. The fourth-order valence-corrected chi connectivity index (χ4v) is 4.36. The van der Waals surface area contributed by atoms with Crippen LogP contribution in [0.15, 0.2) is 24.3 Å². The third-order valence-corrected chi connectivity index (χ3v) is 7.27. The van der Waals surface area contributed by atoms with Crippen molar-refractivity contribution < 1.29 is 43.8 Å². The predicted molar refractivity (Wildman–Crippen MR) is 155 cm³/mol. The number of aryl methyl sites for hydroxylation is 1. The number of carboxylic acid groups (broad SMARTS) is 2. The minimum Gasteiger partial charge on any atom is -0.481 e. The number of rotatable bonds is 19. The van der Waals surface area contributed by atoms with Crippen LogP contribution in [0.1, 0.15) is 89.1 Å². The average molecular weight is 589 g/mol. The van der Waals surface area contributed by atoms with Gasteiger partial charge in [-0.25, -0.2) is 0 Å². The molecule has 11 heteroatoms. The molecule has 4 atom stereocenters. The summed E-state index contributed by atoms with van der Waals surface area (Å²) in [6.45, 7) is 10.1. The monoisotopic (exact) mass is 588 g/mol. The second kappa shape index (κ2) is 17.2. The first-order chi connectivity index (χ1) is 19.5. The van der Waals surface area contributed by atoms with E-state index in [2.05, 4.69) is 10.6 Å². The molecule has 4 N–H and O–H groups in total. The molecule has 0 saturated carbocycles. The number of nitrogens with one attached hydrogen (secondary N) is 2. The summed E-state index contributed by atoms with van der Waals surface area (Å²) in [5, 5.41) is 23.7. The Balaban J connectivity index is 2.83. The largest absolute Gasteiger partial charge is 0.481 e. The number of hydrogen-bond acceptors (Lipinski definition) is 7. The molecule has 0 unspecified atom stereocenters. The van der Waals surface area contributed by atoms with E-state index < -0.39 is 65.7 Å². The maximum Gasteiger partial charge on any atom is 0.307 e. The molecule has 0 heterocycles. The van der Waals surface area contributed by atoms with Crippen molar-refractivity contribution in [3.05, 3.63) is 35.4 Å². The van der Waals surface area contributed by atoms with E-state index in [9.17, 15) is 38.7 Å². The highest BCUT2D eigenvalue weighted by Gasteiger charge is 2.33. The van der Waals surface area contributed by atoms with Crippen LogP contribution < -0.4 is 10.6 Å². The van der Waals surface area contributed by atoms with Gasteiger partial charge in [0, 0.05) is 43.6 Å². The number of hydrogen-bond donors (Lipinski definition) is 4. The standard InChI is InChI=1S/C31H44N2O9/c1-17(2)22(30(40)33-24(11-14-29(38)39)27(36)16-23(18(3)4)31(41)42)15-26(35)20(6)32-28(37)13-12-25(34)21-9-7-19(5)8-10-21/h7-10,17-18,20,22-24H,11-16H2,1-6H3,(H,32,37)(H,33,40)(H,38,39)(H,41,42)/t20-,22-,23-,24-/m0/s1. The van der Waals surface area contributed by atoms with Crippen LogP contribution >= 0.6 is 0 Å². The van der Waals surface area contributed by atoms with Gasteiger partial charge in [-0.1, -0.05) is 57.5 Å². The van der Waals surface area contributed by atoms with Gasteiger partial charge in [-0.05, 0) is 32.1 Å². The molecule has 1 rings (SSSR count). The van der Waals surface area contributed by atoms with E-state index in [0.717, 1.165) is 5.56 Å². The van der Waals surface area contributed by atoms with Crippen LogP contribution in [-0.2, 0) is 28.8 Å². The second-order valence-corrected chi connectivity index (χ2v) is 11.5. The van der Waals surface area contributed by atoms with Crippen LogP contribution in [0.25, 0.3) is 0 Å². The van der Waals surface area contributed by atoms with Crippen molar-refractivity contribution in [1.29, 1.82) is 0 Å². The zero-order valence-electron chi connectivity index (χ0n) is 25.3. The van der Waals surface area contributed by atoms with Crippen LogP contribution in [-0.4, -0.2) is 63.4 Å². The lowest BCUT2D eigenvalue weighted by Gasteiger charge is -2.26. The summed E-state index contributed by atoms with van der Waals surface area (Å²) in [6.07, 6.45) is -1.42. The highest BCUT2D eigenvalue weighted by molar-refractivity contribution is 5.99. The van der Waals surface area contributed by atoms with Gasteiger partial charge >= 0.3 is 11.9 Å². The third kappa shape index (κ3) is 12.3. The lowest BCUT2D eigenvalue weighted by Crippen LogP contribution is -2.47. The Labute approximate surface area is 246 Å². The molecule has 11 nitrogen and oxygen atoms in total. The Morgan fingerprint density at radius 2 is 1.26 bits per heavy atom. The lowest BCUT2D eigenvalue weighted by molar-refractivity contribution is -0.146. The summed E-state index contributed by atoms with van der Waals surface area (Å²) in [5.74, 6) is -7.29. The number of benzene rings is 1. The normalized spacial score (nSPS) is 14.0. The van der Waals surface area contributed by atoms with Gasteiger partial charge in [0.25, 0.3) is 0 Å². The van der Waals surface area contributed by atoms with Gasteiger partial charge in [0.1, 0.15) is 0 Å². The highest BCUT2D eigenvalue weighted by atomic mass is 16.4. The molecule has 0 aliphatic rings. The van der Waals surface area contributed by atoms with Crippen LogP contribution in [0, 0.1) is 30.6 Å². The summed E-state index contributed by atoms with van der Waals surface area (Å²) >= 11 is 0. The third-order valence-electron chi connectivity index (χ3n) is 7.27. The molecular weight excluding hydrogens is 544 g/mol. The van der Waals surface area contributed by atoms with E-state index in [1.54, 1.807) is 52.0 Å². The maximum atomic E-state index is 13.2. The molecule has 232 valence electrons. The van der Waals surface area contributed by atoms with Crippen molar-refractivity contribution in [3.63, 3.8) is 0 Å². The summed E-state index contributed by atoms with van der Waals surface area (Å²) < 4.78 is 0. The quantitative estimate of drug-likeness (QED) is 0.176. The molecule has 0 aliphatic carbocycles. The molecule has 1 aromatic rings. The number of ketones is 3.